The molecule has 0 aliphatic rings. The second kappa shape index (κ2) is 14.5. The summed E-state index contributed by atoms with van der Waals surface area (Å²) in [6.45, 7) is 1.83. The first-order chi connectivity index (χ1) is 18.0. The number of aryl methyl sites for hydroxylation is 2. The lowest BCUT2D eigenvalue weighted by molar-refractivity contribution is -0.154. The summed E-state index contributed by atoms with van der Waals surface area (Å²) >= 11 is 0. The highest BCUT2D eigenvalue weighted by Gasteiger charge is 2.38. The molecule has 0 unspecified atom stereocenters. The van der Waals surface area contributed by atoms with Crippen molar-refractivity contribution in [1.29, 1.82) is 0 Å². The molecule has 10 nitrogen and oxygen atoms in total. The van der Waals surface area contributed by atoms with E-state index >= 15 is 0 Å². The number of nitrogens with two attached hydrogens (primary N) is 3. The first-order valence-electron chi connectivity index (χ1n) is 12.2. The average molecular weight is 541 g/mol. The molecule has 1 aromatic heterocycles. The van der Waals surface area contributed by atoms with E-state index in [9.17, 15) is 27.6 Å². The number of nitrogens with one attached hydrogen (secondary N) is 2. The summed E-state index contributed by atoms with van der Waals surface area (Å²) < 4.78 is 44.5. The maximum atomic E-state index is 13.2. The Labute approximate surface area is 219 Å². The quantitative estimate of drug-likeness (QED) is 0.236. The molecule has 0 aliphatic carbocycles. The molecule has 0 saturated heterocycles. The van der Waals surface area contributed by atoms with Crippen LogP contribution in [0.5, 0.6) is 0 Å². The van der Waals surface area contributed by atoms with Crippen molar-refractivity contribution in [3.05, 3.63) is 59.0 Å². The molecule has 1 aromatic carbocycles. The van der Waals surface area contributed by atoms with E-state index in [-0.39, 0.29) is 50.3 Å². The lowest BCUT2D eigenvalue weighted by atomic mass is 10.0. The highest BCUT2D eigenvalue weighted by atomic mass is 19.4. The Bertz CT molecular complexity index is 1060. The van der Waals surface area contributed by atoms with Crippen LogP contribution in [0.3, 0.4) is 0 Å². The van der Waals surface area contributed by atoms with Crippen LogP contribution in [0, 0.1) is 6.92 Å². The fraction of sp³-hybridized carbons (Fsp3) is 0.480. The highest BCUT2D eigenvalue weighted by molar-refractivity contribution is 5.92. The number of benzene rings is 1. The molecular weight excluding hydrogens is 505 g/mol. The molecule has 0 saturated carbocycles. The van der Waals surface area contributed by atoms with Crippen molar-refractivity contribution >= 4 is 17.7 Å². The third-order valence-corrected chi connectivity index (χ3v) is 5.72. The van der Waals surface area contributed by atoms with E-state index in [4.69, 9.17) is 21.6 Å². The molecule has 13 heteroatoms. The standard InChI is InChI=1S/C25H35F3N6O4/c1-16-13-18(22(38-16)25(26,27)28)15-32-24(37)20(8-7-17-5-3-2-4-6-17)33-23(36)19(31)14-21(35)34(11-9-29)12-10-30/h2-6,13,19-20H,7-12,14-15,29-31H2,1H3,(H,32,37)(H,33,36)/t19-,20-/m0/s1. The van der Waals surface area contributed by atoms with Gasteiger partial charge in [0.1, 0.15) is 11.8 Å². The fourth-order valence-corrected chi connectivity index (χ4v) is 3.83. The Hall–Kier alpha value is -3.42. The van der Waals surface area contributed by atoms with Crippen molar-refractivity contribution in [3.63, 3.8) is 0 Å². The minimum absolute atomic E-state index is 0.0458. The molecule has 3 amide bonds. The number of alkyl halides is 3. The van der Waals surface area contributed by atoms with Crippen LogP contribution in [-0.4, -0.2) is 60.9 Å². The summed E-state index contributed by atoms with van der Waals surface area (Å²) in [5.41, 5.74) is 17.6. The number of amides is 3. The van der Waals surface area contributed by atoms with Gasteiger partial charge in [0.15, 0.2) is 0 Å². The van der Waals surface area contributed by atoms with Crippen LogP contribution < -0.4 is 27.8 Å². The van der Waals surface area contributed by atoms with E-state index in [1.54, 1.807) is 0 Å². The van der Waals surface area contributed by atoms with Crippen LogP contribution in [0.25, 0.3) is 0 Å². The molecule has 38 heavy (non-hydrogen) atoms. The Morgan fingerprint density at radius 2 is 1.68 bits per heavy atom. The molecule has 8 N–H and O–H groups in total. The molecule has 2 aromatic rings. The van der Waals surface area contributed by atoms with Gasteiger partial charge in [-0.2, -0.15) is 13.2 Å². The van der Waals surface area contributed by atoms with E-state index in [0.29, 0.717) is 6.42 Å². The molecule has 0 fully saturated rings. The van der Waals surface area contributed by atoms with Crippen molar-refractivity contribution in [3.8, 4) is 0 Å². The van der Waals surface area contributed by atoms with Gasteiger partial charge >= 0.3 is 6.18 Å². The van der Waals surface area contributed by atoms with Crippen molar-refractivity contribution in [1.82, 2.24) is 15.5 Å². The predicted molar refractivity (Wildman–Crippen MR) is 134 cm³/mol. The third-order valence-electron chi connectivity index (χ3n) is 5.72. The second-order valence-electron chi connectivity index (χ2n) is 8.78. The number of rotatable bonds is 14. The third kappa shape index (κ3) is 9.47. The number of carbonyl (C=O) groups excluding carboxylic acids is 3. The van der Waals surface area contributed by atoms with Crippen LogP contribution in [0.15, 0.2) is 40.8 Å². The second-order valence-corrected chi connectivity index (χ2v) is 8.78. The summed E-state index contributed by atoms with van der Waals surface area (Å²) in [5.74, 6) is -3.01. The van der Waals surface area contributed by atoms with Gasteiger partial charge in [0.05, 0.1) is 12.5 Å². The summed E-state index contributed by atoms with van der Waals surface area (Å²) in [6.07, 6.45) is -4.52. The first kappa shape index (κ1) is 30.8. The monoisotopic (exact) mass is 540 g/mol. The molecular formula is C25H35F3N6O4. The summed E-state index contributed by atoms with van der Waals surface area (Å²) in [7, 11) is 0. The molecule has 0 aliphatic heterocycles. The van der Waals surface area contributed by atoms with Gasteiger partial charge in [-0.05, 0) is 31.4 Å². The van der Waals surface area contributed by atoms with Crippen LogP contribution in [-0.2, 0) is 33.5 Å². The summed E-state index contributed by atoms with van der Waals surface area (Å²) in [6, 6.07) is 7.96. The fourth-order valence-electron chi connectivity index (χ4n) is 3.83. The minimum atomic E-state index is -4.73. The number of hydrogen-bond acceptors (Lipinski definition) is 7. The van der Waals surface area contributed by atoms with Crippen LogP contribution in [0.1, 0.15) is 35.5 Å². The Balaban J connectivity index is 2.10. The van der Waals surface area contributed by atoms with Gasteiger partial charge in [0, 0.05) is 38.3 Å². The SMILES string of the molecule is Cc1cc(CNC(=O)[C@H](CCc2ccccc2)NC(=O)[C@@H](N)CC(=O)N(CCN)CCN)c(C(F)(F)F)o1. The largest absolute Gasteiger partial charge is 0.456 e. The van der Waals surface area contributed by atoms with Gasteiger partial charge in [-0.1, -0.05) is 30.3 Å². The van der Waals surface area contributed by atoms with Gasteiger partial charge in [0.25, 0.3) is 0 Å². The zero-order valence-corrected chi connectivity index (χ0v) is 21.2. The minimum Gasteiger partial charge on any atom is -0.456 e. The van der Waals surface area contributed by atoms with Crippen molar-refractivity contribution in [2.45, 2.75) is 51.0 Å². The number of halogens is 3. The van der Waals surface area contributed by atoms with E-state index in [2.05, 4.69) is 10.6 Å². The van der Waals surface area contributed by atoms with Crippen molar-refractivity contribution in [2.75, 3.05) is 26.2 Å². The lowest BCUT2D eigenvalue weighted by Gasteiger charge is -2.24. The molecule has 1 heterocycles. The number of carbonyl (C=O) groups is 3. The zero-order valence-electron chi connectivity index (χ0n) is 21.2. The van der Waals surface area contributed by atoms with E-state index in [1.165, 1.54) is 17.9 Å². The van der Waals surface area contributed by atoms with Crippen molar-refractivity contribution < 1.29 is 32.0 Å². The van der Waals surface area contributed by atoms with Crippen LogP contribution in [0.4, 0.5) is 13.2 Å². The maximum absolute atomic E-state index is 13.2. The number of nitrogens with zero attached hydrogens (tertiary/aromatic N) is 1. The van der Waals surface area contributed by atoms with Crippen molar-refractivity contribution in [2.24, 2.45) is 17.2 Å². The Morgan fingerprint density at radius 1 is 1.05 bits per heavy atom. The summed E-state index contributed by atoms with van der Waals surface area (Å²) in [4.78, 5) is 39.7. The highest BCUT2D eigenvalue weighted by Crippen LogP contribution is 2.34. The number of furan rings is 1. The van der Waals surface area contributed by atoms with Gasteiger partial charge in [-0.3, -0.25) is 14.4 Å². The van der Waals surface area contributed by atoms with Gasteiger partial charge in [-0.25, -0.2) is 0 Å². The Kier molecular flexibility index (Phi) is 11.8. The van der Waals surface area contributed by atoms with Gasteiger partial charge in [-0.15, -0.1) is 0 Å². The molecule has 0 radical (unpaired) electrons. The summed E-state index contributed by atoms with van der Waals surface area (Å²) in [5, 5.41) is 4.98. The molecule has 2 rings (SSSR count). The van der Waals surface area contributed by atoms with Crippen LogP contribution in [0.2, 0.25) is 0 Å². The average Bonchev–Trinajstić information content (AvgIpc) is 3.26. The normalized spacial score (nSPS) is 13.0. The van der Waals surface area contributed by atoms with Gasteiger partial charge in [0.2, 0.25) is 23.5 Å². The number of hydrogen-bond donors (Lipinski definition) is 5. The molecule has 0 bridgehead atoms. The smallest absolute Gasteiger partial charge is 0.449 e. The predicted octanol–water partition coefficient (Wildman–Crippen LogP) is 0.804. The Morgan fingerprint density at radius 3 is 2.26 bits per heavy atom. The molecule has 210 valence electrons. The van der Waals surface area contributed by atoms with Crippen LogP contribution >= 0.6 is 0 Å². The molecule has 0 spiro atoms. The van der Waals surface area contributed by atoms with Gasteiger partial charge < -0.3 is 37.2 Å². The zero-order chi connectivity index (χ0) is 28.3. The topological polar surface area (TPSA) is 170 Å². The lowest BCUT2D eigenvalue weighted by Crippen LogP contribution is -2.53. The van der Waals surface area contributed by atoms with E-state index in [1.807, 2.05) is 30.3 Å². The maximum Gasteiger partial charge on any atom is 0.449 e. The van der Waals surface area contributed by atoms with E-state index < -0.39 is 48.3 Å². The van der Waals surface area contributed by atoms with E-state index in [0.717, 1.165) is 5.56 Å². The molecule has 2 atom stereocenters. The first-order valence-corrected chi connectivity index (χ1v) is 12.2.